The molecule has 2 heterocycles. The Morgan fingerprint density at radius 1 is 1.16 bits per heavy atom. The van der Waals surface area contributed by atoms with Crippen LogP contribution in [0.1, 0.15) is 30.5 Å². The van der Waals surface area contributed by atoms with Gasteiger partial charge in [-0.2, -0.15) is 0 Å². The van der Waals surface area contributed by atoms with Gasteiger partial charge in [0.15, 0.2) is 16.7 Å². The van der Waals surface area contributed by atoms with Gasteiger partial charge in [-0.05, 0) is 47.7 Å². The number of benzene rings is 2. The molecule has 2 aliphatic heterocycles. The van der Waals surface area contributed by atoms with E-state index in [4.69, 9.17) is 14.2 Å². The maximum atomic E-state index is 13.2. The zero-order chi connectivity index (χ0) is 27.2. The van der Waals surface area contributed by atoms with Crippen LogP contribution in [0.25, 0.3) is 0 Å². The summed E-state index contributed by atoms with van der Waals surface area (Å²) in [4.78, 5) is 32.7. The van der Waals surface area contributed by atoms with Crippen molar-refractivity contribution < 1.29 is 28.2 Å². The average Bonchev–Trinajstić information content (AvgIpc) is 3.31. The number of esters is 1. The summed E-state index contributed by atoms with van der Waals surface area (Å²) >= 11 is 1.38. The van der Waals surface area contributed by atoms with Gasteiger partial charge in [0.25, 0.3) is 0 Å². The van der Waals surface area contributed by atoms with Crippen LogP contribution < -0.4 is 14.8 Å². The molecule has 2 aromatic carbocycles. The molecule has 0 fully saturated rings. The fraction of sp³-hybridized carbons (Fsp3) is 0.250. The quantitative estimate of drug-likeness (QED) is 0.342. The molecule has 10 heteroatoms. The second-order valence-electron chi connectivity index (χ2n) is 8.47. The Morgan fingerprint density at radius 3 is 2.58 bits per heavy atom. The summed E-state index contributed by atoms with van der Waals surface area (Å²) < 4.78 is 29.5. The Balaban J connectivity index is 1.64. The number of methoxy groups -OCH3 is 2. The standard InChI is InChI=1S/C28H28FN3O5S/c1-5-12-37-27(34)25-17(2)31-28-32(26(25)19-8-11-22(35-3)23(13-19)36-4)21(16-38-28)14-24(33)30-15-18-6-9-20(29)10-7-18/h5-11,13,16,26H,1,12,14-15H2,2-4H3,(H,30,33)/t26-/m0/s1. The number of aliphatic imine (C=N–C) groups is 1. The number of nitrogens with one attached hydrogen (secondary N) is 1. The predicted molar refractivity (Wildman–Crippen MR) is 144 cm³/mol. The molecule has 0 radical (unpaired) electrons. The van der Waals surface area contributed by atoms with Crippen molar-refractivity contribution in [3.63, 3.8) is 0 Å². The minimum atomic E-state index is -0.620. The molecule has 0 bridgehead atoms. The summed E-state index contributed by atoms with van der Waals surface area (Å²) in [7, 11) is 3.09. The molecule has 1 atom stereocenters. The van der Waals surface area contributed by atoms with Crippen LogP contribution in [0.2, 0.25) is 0 Å². The van der Waals surface area contributed by atoms with Crippen molar-refractivity contribution in [2.24, 2.45) is 4.99 Å². The summed E-state index contributed by atoms with van der Waals surface area (Å²) in [5.74, 6) is -0.0428. The van der Waals surface area contributed by atoms with E-state index >= 15 is 0 Å². The second-order valence-corrected chi connectivity index (χ2v) is 9.31. The first-order chi connectivity index (χ1) is 18.4. The van der Waals surface area contributed by atoms with Crippen LogP contribution in [0, 0.1) is 5.82 Å². The van der Waals surface area contributed by atoms with Gasteiger partial charge in [-0.25, -0.2) is 14.2 Å². The van der Waals surface area contributed by atoms with Gasteiger partial charge in [0.2, 0.25) is 5.91 Å². The molecule has 8 nitrogen and oxygen atoms in total. The van der Waals surface area contributed by atoms with Gasteiger partial charge in [-0.3, -0.25) is 4.79 Å². The summed E-state index contributed by atoms with van der Waals surface area (Å²) in [6, 6.07) is 10.7. The Kier molecular flexibility index (Phi) is 8.52. The van der Waals surface area contributed by atoms with E-state index in [1.807, 2.05) is 16.4 Å². The smallest absolute Gasteiger partial charge is 0.338 e. The number of hydrogen-bond donors (Lipinski definition) is 1. The molecular formula is C28H28FN3O5S. The van der Waals surface area contributed by atoms with Gasteiger partial charge in [-0.1, -0.05) is 42.6 Å². The third-order valence-corrected chi connectivity index (χ3v) is 6.91. The number of amidine groups is 1. The largest absolute Gasteiger partial charge is 0.493 e. The Morgan fingerprint density at radius 2 is 1.89 bits per heavy atom. The van der Waals surface area contributed by atoms with Gasteiger partial charge in [0.1, 0.15) is 12.4 Å². The fourth-order valence-corrected chi connectivity index (χ4v) is 5.18. The van der Waals surface area contributed by atoms with Gasteiger partial charge in [0, 0.05) is 12.2 Å². The van der Waals surface area contributed by atoms with Crippen LogP contribution in [0.5, 0.6) is 11.5 Å². The zero-order valence-corrected chi connectivity index (χ0v) is 22.1. The Bertz CT molecular complexity index is 1340. The molecule has 1 amide bonds. The number of carbonyl (C=O) groups excluding carboxylic acids is 2. The van der Waals surface area contributed by atoms with Crippen molar-refractivity contribution in [1.29, 1.82) is 0 Å². The molecule has 0 aromatic heterocycles. The number of ether oxygens (including phenoxy) is 3. The third kappa shape index (κ3) is 5.75. The lowest BCUT2D eigenvalue weighted by molar-refractivity contribution is -0.138. The molecule has 0 unspecified atom stereocenters. The molecule has 0 aliphatic carbocycles. The van der Waals surface area contributed by atoms with Crippen molar-refractivity contribution in [2.75, 3.05) is 20.8 Å². The summed E-state index contributed by atoms with van der Waals surface area (Å²) in [6.45, 7) is 5.69. The highest BCUT2D eigenvalue weighted by Gasteiger charge is 2.41. The van der Waals surface area contributed by atoms with E-state index in [1.54, 1.807) is 38.3 Å². The van der Waals surface area contributed by atoms with Crippen molar-refractivity contribution in [2.45, 2.75) is 25.9 Å². The topological polar surface area (TPSA) is 89.5 Å². The molecule has 0 saturated heterocycles. The number of nitrogens with zero attached hydrogens (tertiary/aromatic N) is 2. The van der Waals surface area contributed by atoms with Gasteiger partial charge in [0.05, 0.1) is 38.0 Å². The van der Waals surface area contributed by atoms with E-state index < -0.39 is 12.0 Å². The highest BCUT2D eigenvalue weighted by atomic mass is 32.2. The molecule has 2 aliphatic rings. The van der Waals surface area contributed by atoms with E-state index in [2.05, 4.69) is 16.9 Å². The SMILES string of the molecule is C=CCOC(=O)C1=C(C)N=C2SC=C(CC(=O)NCc3ccc(F)cc3)N2[C@H]1c1ccc(OC)c(OC)c1. The zero-order valence-electron chi connectivity index (χ0n) is 21.3. The number of rotatable bonds is 10. The summed E-state index contributed by atoms with van der Waals surface area (Å²) in [5.41, 5.74) is 3.06. The van der Waals surface area contributed by atoms with Crippen molar-refractivity contribution >= 4 is 28.8 Å². The van der Waals surface area contributed by atoms with Gasteiger partial charge < -0.3 is 24.4 Å². The molecule has 0 saturated carbocycles. The fourth-order valence-electron chi connectivity index (χ4n) is 4.21. The lowest BCUT2D eigenvalue weighted by Gasteiger charge is -2.36. The lowest BCUT2D eigenvalue weighted by Crippen LogP contribution is -2.38. The van der Waals surface area contributed by atoms with Crippen LogP contribution in [-0.2, 0) is 20.9 Å². The lowest BCUT2D eigenvalue weighted by atomic mass is 9.93. The summed E-state index contributed by atoms with van der Waals surface area (Å²) in [5, 5.41) is 5.37. The third-order valence-electron chi connectivity index (χ3n) is 6.02. The second kappa shape index (κ2) is 12.0. The summed E-state index contributed by atoms with van der Waals surface area (Å²) in [6.07, 6.45) is 1.55. The van der Waals surface area contributed by atoms with Crippen molar-refractivity contribution in [3.05, 3.63) is 94.4 Å². The number of allylic oxidation sites excluding steroid dienone is 1. The predicted octanol–water partition coefficient (Wildman–Crippen LogP) is 4.85. The van der Waals surface area contributed by atoms with Gasteiger partial charge >= 0.3 is 5.97 Å². The average molecular weight is 538 g/mol. The van der Waals surface area contributed by atoms with Crippen molar-refractivity contribution in [3.8, 4) is 11.5 Å². The molecule has 198 valence electrons. The Labute approximate surface area is 224 Å². The molecule has 38 heavy (non-hydrogen) atoms. The first-order valence-electron chi connectivity index (χ1n) is 11.8. The van der Waals surface area contributed by atoms with Crippen LogP contribution in [0.3, 0.4) is 0 Å². The van der Waals surface area contributed by atoms with Crippen molar-refractivity contribution in [1.82, 2.24) is 10.2 Å². The van der Waals surface area contributed by atoms with E-state index in [9.17, 15) is 14.0 Å². The number of amides is 1. The number of hydrogen-bond acceptors (Lipinski definition) is 8. The number of thioether (sulfide) groups is 1. The minimum absolute atomic E-state index is 0.0467. The number of carbonyl (C=O) groups is 2. The molecule has 1 N–H and O–H groups in total. The van der Waals surface area contributed by atoms with E-state index in [-0.39, 0.29) is 31.3 Å². The number of halogens is 1. The van der Waals surface area contributed by atoms with Crippen LogP contribution in [0.4, 0.5) is 4.39 Å². The first kappa shape index (κ1) is 27.0. The highest BCUT2D eigenvalue weighted by Crippen LogP contribution is 2.46. The maximum absolute atomic E-state index is 13.2. The minimum Gasteiger partial charge on any atom is -0.493 e. The highest BCUT2D eigenvalue weighted by molar-refractivity contribution is 8.16. The normalized spacial score (nSPS) is 16.3. The van der Waals surface area contributed by atoms with Crippen LogP contribution in [-0.4, -0.2) is 42.8 Å². The molecule has 4 rings (SSSR count). The van der Waals surface area contributed by atoms with E-state index in [0.717, 1.165) is 11.1 Å². The molecule has 0 spiro atoms. The monoisotopic (exact) mass is 537 g/mol. The number of fused-ring (bicyclic) bond motifs is 1. The Hall–Kier alpha value is -4.05. The van der Waals surface area contributed by atoms with Crippen LogP contribution in [0.15, 0.2) is 82.5 Å². The molecule has 2 aromatic rings. The molecular weight excluding hydrogens is 509 g/mol. The van der Waals surface area contributed by atoms with E-state index in [0.29, 0.717) is 33.6 Å². The first-order valence-corrected chi connectivity index (χ1v) is 12.7. The van der Waals surface area contributed by atoms with Gasteiger partial charge in [-0.15, -0.1) is 0 Å². The van der Waals surface area contributed by atoms with Crippen LogP contribution >= 0.6 is 11.8 Å². The maximum Gasteiger partial charge on any atom is 0.338 e. The van der Waals surface area contributed by atoms with E-state index in [1.165, 1.54) is 37.1 Å².